The van der Waals surface area contributed by atoms with Gasteiger partial charge in [-0.3, -0.25) is 0 Å². The molecule has 1 saturated carbocycles. The molecule has 4 unspecified atom stereocenters. The van der Waals surface area contributed by atoms with E-state index in [1.807, 2.05) is 0 Å². The van der Waals surface area contributed by atoms with E-state index in [1.54, 1.807) is 33.4 Å². The van der Waals surface area contributed by atoms with Gasteiger partial charge >= 0.3 is 368 Å². The molecular formula is C58H76Cl2Zr. The monoisotopic (exact) mass is 932 g/mol. The minimum atomic E-state index is -3.24. The molecule has 61 heavy (non-hydrogen) atoms. The number of halogens is 2. The number of fused-ring (bicyclic) bond motifs is 3. The zero-order valence-electron chi connectivity index (χ0n) is 40.6. The van der Waals surface area contributed by atoms with Crippen LogP contribution in [0, 0.1) is 11.8 Å². The standard InChI is InChI=1S/2C26H33.C6H10.2ClH.Zr/c2*1-17(2)19-12-18-10-9-11-23(24(18)15-19)20-13-21(25(3,4)5)16-22(14-20)26(6,7)8;1-2-4-6-5-3-1;;;/h2*9-17H,1-8H3;1-2H,3-6H2;2*1H;/q;;;;;+2/p-2. The summed E-state index contributed by atoms with van der Waals surface area (Å²) in [7, 11) is 0. The van der Waals surface area contributed by atoms with Crippen molar-refractivity contribution in [1.82, 2.24) is 0 Å². The molecule has 0 nitrogen and oxygen atoms in total. The molecule has 3 heteroatoms. The van der Waals surface area contributed by atoms with E-state index in [1.165, 1.54) is 70.2 Å². The number of benzene rings is 4. The van der Waals surface area contributed by atoms with Crippen LogP contribution in [0.1, 0.15) is 188 Å². The number of hydrogen-bond acceptors (Lipinski definition) is 0. The van der Waals surface area contributed by atoms with Crippen molar-refractivity contribution in [3.8, 4) is 22.3 Å². The summed E-state index contributed by atoms with van der Waals surface area (Å²) in [5.41, 5.74) is 21.8. The van der Waals surface area contributed by atoms with E-state index in [-0.39, 0.29) is 46.5 Å². The Hall–Kier alpha value is -2.18. The quantitative estimate of drug-likeness (QED) is 0.181. The number of rotatable bonds is 6. The second-order valence-corrected chi connectivity index (χ2v) is 35.6. The molecule has 1 saturated heterocycles. The van der Waals surface area contributed by atoms with Gasteiger partial charge in [-0.1, -0.05) is 0 Å². The Labute approximate surface area is 389 Å². The Morgan fingerprint density at radius 3 is 1.05 bits per heavy atom. The zero-order chi connectivity index (χ0) is 42.8. The average molecular weight is 935 g/mol. The Balaban J connectivity index is 0.00000311. The van der Waals surface area contributed by atoms with Crippen LogP contribution in [-0.2, 0) is 41.9 Å². The molecule has 4 aliphatic rings. The van der Waals surface area contributed by atoms with Crippen molar-refractivity contribution < 1.29 is 45.1 Å². The molecule has 1 aliphatic heterocycles. The van der Waals surface area contributed by atoms with E-state index >= 15 is 0 Å². The van der Waals surface area contributed by atoms with Gasteiger partial charge in [-0.15, -0.1) is 0 Å². The van der Waals surface area contributed by atoms with Crippen molar-refractivity contribution in [3.05, 3.63) is 128 Å². The summed E-state index contributed by atoms with van der Waals surface area (Å²) in [6.45, 7) is 38.6. The Morgan fingerprint density at radius 1 is 0.459 bits per heavy atom. The molecule has 326 valence electrons. The van der Waals surface area contributed by atoms with Crippen molar-refractivity contribution in [3.63, 3.8) is 0 Å². The number of allylic oxidation sites excluding steroid dienone is 2. The minimum Gasteiger partial charge on any atom is -1.00 e. The minimum absolute atomic E-state index is 0. The van der Waals surface area contributed by atoms with E-state index in [0.29, 0.717) is 19.1 Å². The van der Waals surface area contributed by atoms with Crippen LogP contribution in [0.25, 0.3) is 34.4 Å². The van der Waals surface area contributed by atoms with Gasteiger partial charge in [0, 0.05) is 0 Å². The van der Waals surface area contributed by atoms with Gasteiger partial charge in [0.05, 0.1) is 0 Å². The van der Waals surface area contributed by atoms with Crippen LogP contribution < -0.4 is 24.8 Å². The molecule has 4 aromatic carbocycles. The molecular weight excluding hydrogens is 859 g/mol. The molecule has 0 spiro atoms. The third-order valence-corrected chi connectivity index (χ3v) is 32.3. The molecule has 0 N–H and O–H groups in total. The first-order valence-electron chi connectivity index (χ1n) is 23.5. The SMILES string of the molecule is CC(C)C1=Cc2c(-c3cc(C(C)(C)C)cc(C(C)(C)C)c3)cccc2[CH]1[Zr+2]1([CH]2C(C(C)C)=Cc3c(-c4cc(C(C)(C)C)cc(C(C)(C)C)c4)cccc32)[CH]2CCCC[CH]21.[Cl-].[Cl-]. The Morgan fingerprint density at radius 2 is 0.770 bits per heavy atom. The summed E-state index contributed by atoms with van der Waals surface area (Å²) in [5.74, 6) is 1.05. The van der Waals surface area contributed by atoms with E-state index in [2.05, 4.69) is 196 Å². The molecule has 8 rings (SSSR count). The van der Waals surface area contributed by atoms with Crippen LogP contribution in [0.15, 0.2) is 83.9 Å². The first-order valence-corrected chi connectivity index (χ1v) is 29.1. The van der Waals surface area contributed by atoms with Crippen molar-refractivity contribution in [2.75, 3.05) is 0 Å². The first kappa shape index (κ1) is 48.3. The van der Waals surface area contributed by atoms with Gasteiger partial charge in [0.25, 0.3) is 0 Å². The van der Waals surface area contributed by atoms with Gasteiger partial charge in [-0.2, -0.15) is 0 Å². The fourth-order valence-corrected chi connectivity index (χ4v) is 35.8. The van der Waals surface area contributed by atoms with E-state index in [0.717, 1.165) is 7.25 Å². The summed E-state index contributed by atoms with van der Waals surface area (Å²) in [4.78, 5) is 0. The van der Waals surface area contributed by atoms with Gasteiger partial charge in [-0.25, -0.2) is 0 Å². The van der Waals surface area contributed by atoms with Crippen LogP contribution in [0.3, 0.4) is 0 Å². The van der Waals surface area contributed by atoms with Gasteiger partial charge in [-0.05, 0) is 0 Å². The zero-order valence-corrected chi connectivity index (χ0v) is 44.6. The summed E-state index contributed by atoms with van der Waals surface area (Å²) in [6.07, 6.45) is 11.3. The molecule has 0 radical (unpaired) electrons. The summed E-state index contributed by atoms with van der Waals surface area (Å²) < 4.78 is 3.15. The summed E-state index contributed by atoms with van der Waals surface area (Å²) in [6, 6.07) is 30.1. The van der Waals surface area contributed by atoms with Crippen molar-refractivity contribution in [1.29, 1.82) is 0 Å². The topological polar surface area (TPSA) is 0 Å². The molecule has 4 aromatic rings. The summed E-state index contributed by atoms with van der Waals surface area (Å²) in [5, 5.41) is 0. The molecule has 4 atom stereocenters. The van der Waals surface area contributed by atoms with Crippen LogP contribution in [0.4, 0.5) is 0 Å². The molecule has 0 aromatic heterocycles. The smallest absolute Gasteiger partial charge is 1.00 e. The van der Waals surface area contributed by atoms with Gasteiger partial charge in [0.1, 0.15) is 0 Å². The summed E-state index contributed by atoms with van der Waals surface area (Å²) >= 11 is -3.24. The van der Waals surface area contributed by atoms with Crippen LogP contribution >= 0.6 is 0 Å². The van der Waals surface area contributed by atoms with Gasteiger partial charge in [0.15, 0.2) is 0 Å². The second kappa shape index (κ2) is 16.7. The van der Waals surface area contributed by atoms with E-state index in [4.69, 9.17) is 0 Å². The predicted octanol–water partition coefficient (Wildman–Crippen LogP) is 11.4. The number of hydrogen-bond donors (Lipinski definition) is 0. The fraction of sp³-hybridized carbons (Fsp3) is 0.517. The maximum Gasteiger partial charge on any atom is -1.00 e. The molecule has 1 heterocycles. The molecule has 2 fully saturated rings. The van der Waals surface area contributed by atoms with Crippen molar-refractivity contribution in [2.24, 2.45) is 11.8 Å². The molecule has 3 aliphatic carbocycles. The van der Waals surface area contributed by atoms with Crippen LogP contribution in [-0.4, -0.2) is 0 Å². The average Bonchev–Trinajstić information content (AvgIpc) is 3.41. The maximum atomic E-state index is 2.75. The van der Waals surface area contributed by atoms with Crippen LogP contribution in [0.2, 0.25) is 7.25 Å². The van der Waals surface area contributed by atoms with Crippen LogP contribution in [0.5, 0.6) is 0 Å². The first-order chi connectivity index (χ1) is 27.4. The third kappa shape index (κ3) is 8.36. The van der Waals surface area contributed by atoms with Gasteiger partial charge in [0.2, 0.25) is 0 Å². The Bertz CT molecular complexity index is 2130. The Kier molecular flexibility index (Phi) is 13.2. The molecule has 0 bridgehead atoms. The van der Waals surface area contributed by atoms with E-state index < -0.39 is 20.3 Å². The van der Waals surface area contributed by atoms with Crippen molar-refractivity contribution >= 4 is 12.2 Å². The van der Waals surface area contributed by atoms with Gasteiger partial charge < -0.3 is 24.8 Å². The second-order valence-electron chi connectivity index (χ2n) is 24.2. The molecule has 0 amide bonds. The fourth-order valence-electron chi connectivity index (χ4n) is 12.0. The third-order valence-electron chi connectivity index (χ3n) is 15.4. The normalized spacial score (nSPS) is 22.4. The maximum absolute atomic E-state index is 3.24. The van der Waals surface area contributed by atoms with E-state index in [9.17, 15) is 0 Å². The van der Waals surface area contributed by atoms with Crippen molar-refractivity contribution in [2.45, 2.75) is 173 Å². The predicted molar refractivity (Wildman–Crippen MR) is 256 cm³/mol. The largest absolute Gasteiger partial charge is 1.00 e.